The summed E-state index contributed by atoms with van der Waals surface area (Å²) < 4.78 is 45.6. The summed E-state index contributed by atoms with van der Waals surface area (Å²) in [6.45, 7) is 0.823. The minimum Gasteiger partial charge on any atom is -0.334 e. The molecule has 3 heterocycles. The van der Waals surface area contributed by atoms with Crippen molar-refractivity contribution in [1.82, 2.24) is 14.4 Å². The number of rotatable bonds is 4. The molecule has 6 nitrogen and oxygen atoms in total. The van der Waals surface area contributed by atoms with Crippen LogP contribution in [0.15, 0.2) is 50.5 Å². The zero-order valence-corrected chi connectivity index (χ0v) is 15.3. The standard InChI is InChI=1S/C17H16FN3O3S2/c18-14-4-1-3-13(11-14)17-19-16(20-24-17)12-6-8-21(9-7-12)26(22,23)15-5-2-10-25-15/h1-5,10-12H,6-9H2. The van der Waals surface area contributed by atoms with Gasteiger partial charge in [0.05, 0.1) is 0 Å². The molecule has 0 saturated carbocycles. The summed E-state index contributed by atoms with van der Waals surface area (Å²) >= 11 is 1.22. The van der Waals surface area contributed by atoms with Crippen molar-refractivity contribution in [1.29, 1.82) is 0 Å². The van der Waals surface area contributed by atoms with Gasteiger partial charge < -0.3 is 4.52 Å². The summed E-state index contributed by atoms with van der Waals surface area (Å²) in [6, 6.07) is 9.34. The predicted octanol–water partition coefficient (Wildman–Crippen LogP) is 3.51. The minimum absolute atomic E-state index is 0.0239. The monoisotopic (exact) mass is 393 g/mol. The summed E-state index contributed by atoms with van der Waals surface area (Å²) in [5, 5.41) is 5.77. The van der Waals surface area contributed by atoms with E-state index in [4.69, 9.17) is 4.52 Å². The average Bonchev–Trinajstić information content (AvgIpc) is 3.34. The molecule has 2 aromatic heterocycles. The van der Waals surface area contributed by atoms with Crippen molar-refractivity contribution in [3.05, 3.63) is 53.4 Å². The third kappa shape index (κ3) is 3.29. The fourth-order valence-corrected chi connectivity index (χ4v) is 5.65. The van der Waals surface area contributed by atoms with Crippen LogP contribution in [0.4, 0.5) is 4.39 Å². The Morgan fingerprint density at radius 1 is 1.19 bits per heavy atom. The van der Waals surface area contributed by atoms with Crippen molar-refractivity contribution in [3.63, 3.8) is 0 Å². The Hall–Kier alpha value is -2.10. The molecule has 0 aliphatic carbocycles. The second-order valence-electron chi connectivity index (χ2n) is 6.08. The van der Waals surface area contributed by atoms with E-state index in [9.17, 15) is 12.8 Å². The highest BCUT2D eigenvalue weighted by molar-refractivity contribution is 7.91. The van der Waals surface area contributed by atoms with Crippen molar-refractivity contribution < 1.29 is 17.3 Å². The second kappa shape index (κ2) is 6.90. The lowest BCUT2D eigenvalue weighted by atomic mass is 9.97. The predicted molar refractivity (Wildman–Crippen MR) is 94.7 cm³/mol. The van der Waals surface area contributed by atoms with Gasteiger partial charge in [-0.1, -0.05) is 17.3 Å². The Balaban J connectivity index is 1.46. The molecule has 1 saturated heterocycles. The SMILES string of the molecule is O=S(=O)(c1cccs1)N1CCC(c2noc(-c3cccc(F)c3)n2)CC1. The molecule has 0 spiro atoms. The third-order valence-corrected chi connectivity index (χ3v) is 7.69. The van der Waals surface area contributed by atoms with E-state index in [2.05, 4.69) is 10.1 Å². The number of hydrogen-bond donors (Lipinski definition) is 0. The summed E-state index contributed by atoms with van der Waals surface area (Å²) in [7, 11) is -3.42. The number of piperidine rings is 1. The minimum atomic E-state index is -3.42. The first kappa shape index (κ1) is 17.3. The highest BCUT2D eigenvalue weighted by Gasteiger charge is 2.32. The lowest BCUT2D eigenvalue weighted by Gasteiger charge is -2.29. The Kier molecular flexibility index (Phi) is 4.60. The van der Waals surface area contributed by atoms with Crippen molar-refractivity contribution in [3.8, 4) is 11.5 Å². The molecule has 4 rings (SSSR count). The largest absolute Gasteiger partial charge is 0.334 e. The zero-order valence-electron chi connectivity index (χ0n) is 13.7. The van der Waals surface area contributed by atoms with Crippen molar-refractivity contribution in [2.75, 3.05) is 13.1 Å². The first-order chi connectivity index (χ1) is 12.5. The third-order valence-electron chi connectivity index (χ3n) is 4.42. The molecule has 0 radical (unpaired) electrons. The van der Waals surface area contributed by atoms with Gasteiger partial charge in [-0.3, -0.25) is 0 Å². The number of sulfonamides is 1. The Morgan fingerprint density at radius 3 is 2.69 bits per heavy atom. The molecule has 9 heteroatoms. The van der Waals surface area contributed by atoms with E-state index in [-0.39, 0.29) is 17.6 Å². The van der Waals surface area contributed by atoms with Gasteiger partial charge in [0, 0.05) is 24.6 Å². The topological polar surface area (TPSA) is 76.3 Å². The van der Waals surface area contributed by atoms with Crippen LogP contribution >= 0.6 is 11.3 Å². The summed E-state index contributed by atoms with van der Waals surface area (Å²) in [5.74, 6) is 0.468. The van der Waals surface area contributed by atoms with Gasteiger partial charge in [0.15, 0.2) is 5.82 Å². The molecule has 0 amide bonds. The summed E-state index contributed by atoms with van der Waals surface area (Å²) in [6.07, 6.45) is 1.24. The molecule has 0 bridgehead atoms. The number of thiophene rings is 1. The van der Waals surface area contributed by atoms with Crippen LogP contribution in [0.25, 0.3) is 11.5 Å². The number of hydrogen-bond acceptors (Lipinski definition) is 6. The normalized spacial score (nSPS) is 16.8. The highest BCUT2D eigenvalue weighted by atomic mass is 32.2. The van der Waals surface area contributed by atoms with Crippen LogP contribution in [0.2, 0.25) is 0 Å². The Bertz CT molecular complexity index is 994. The average molecular weight is 393 g/mol. The second-order valence-corrected chi connectivity index (χ2v) is 9.19. The lowest BCUT2D eigenvalue weighted by Crippen LogP contribution is -2.37. The molecule has 0 N–H and O–H groups in total. The van der Waals surface area contributed by atoms with Gasteiger partial charge in [-0.2, -0.15) is 9.29 Å². The molecule has 136 valence electrons. The van der Waals surface area contributed by atoms with Gasteiger partial charge in [-0.05, 0) is 42.5 Å². The summed E-state index contributed by atoms with van der Waals surface area (Å²) in [5.41, 5.74) is 0.529. The number of halogens is 1. The van der Waals surface area contributed by atoms with E-state index in [1.807, 2.05) is 0 Å². The van der Waals surface area contributed by atoms with Crippen LogP contribution in [0, 0.1) is 5.82 Å². The molecular weight excluding hydrogens is 377 g/mol. The van der Waals surface area contributed by atoms with E-state index in [1.54, 1.807) is 29.6 Å². The van der Waals surface area contributed by atoms with Crippen LogP contribution in [0.5, 0.6) is 0 Å². The molecule has 1 aromatic carbocycles. The van der Waals surface area contributed by atoms with Crippen molar-refractivity contribution in [2.45, 2.75) is 23.0 Å². The smallest absolute Gasteiger partial charge is 0.258 e. The van der Waals surface area contributed by atoms with Crippen molar-refractivity contribution in [2.24, 2.45) is 0 Å². The molecule has 26 heavy (non-hydrogen) atoms. The first-order valence-corrected chi connectivity index (χ1v) is 10.5. The molecule has 3 aromatic rings. The van der Waals surface area contributed by atoms with Crippen LogP contribution < -0.4 is 0 Å². The summed E-state index contributed by atoms with van der Waals surface area (Å²) in [4.78, 5) is 4.37. The van der Waals surface area contributed by atoms with Gasteiger partial charge in [0.1, 0.15) is 10.0 Å². The fourth-order valence-electron chi connectivity index (χ4n) is 3.03. The van der Waals surface area contributed by atoms with Gasteiger partial charge >= 0.3 is 0 Å². The number of nitrogens with zero attached hydrogens (tertiary/aromatic N) is 3. The highest BCUT2D eigenvalue weighted by Crippen LogP contribution is 2.31. The van der Waals surface area contributed by atoms with Crippen LogP contribution in [0.3, 0.4) is 0 Å². The molecule has 1 fully saturated rings. The molecule has 1 aliphatic heterocycles. The van der Waals surface area contributed by atoms with Gasteiger partial charge in [-0.25, -0.2) is 12.8 Å². The van der Waals surface area contributed by atoms with Crippen LogP contribution in [0.1, 0.15) is 24.6 Å². The lowest BCUT2D eigenvalue weighted by molar-refractivity contribution is 0.307. The van der Waals surface area contributed by atoms with Crippen molar-refractivity contribution >= 4 is 21.4 Å². The molecule has 0 unspecified atom stereocenters. The fraction of sp³-hybridized carbons (Fsp3) is 0.294. The Labute approximate surface area is 154 Å². The van der Waals surface area contributed by atoms with Gasteiger partial charge in [0.25, 0.3) is 15.9 Å². The zero-order chi connectivity index (χ0) is 18.1. The van der Waals surface area contributed by atoms with Gasteiger partial charge in [0.2, 0.25) is 0 Å². The molecule has 0 atom stereocenters. The van der Waals surface area contributed by atoms with E-state index < -0.39 is 10.0 Å². The van der Waals surface area contributed by atoms with Gasteiger partial charge in [-0.15, -0.1) is 11.3 Å². The Morgan fingerprint density at radius 2 is 2.00 bits per heavy atom. The number of aromatic nitrogens is 2. The maximum atomic E-state index is 13.3. The van der Waals surface area contributed by atoms with E-state index in [0.29, 0.717) is 41.5 Å². The van der Waals surface area contributed by atoms with Crippen LogP contribution in [-0.4, -0.2) is 36.0 Å². The quantitative estimate of drug-likeness (QED) is 0.678. The van der Waals surface area contributed by atoms with E-state index >= 15 is 0 Å². The van der Waals surface area contributed by atoms with E-state index in [0.717, 1.165) is 0 Å². The van der Waals surface area contributed by atoms with E-state index in [1.165, 1.54) is 27.8 Å². The molecular formula is C17H16FN3O3S2. The number of benzene rings is 1. The maximum absolute atomic E-state index is 13.3. The van der Waals surface area contributed by atoms with Crippen LogP contribution in [-0.2, 0) is 10.0 Å². The molecule has 1 aliphatic rings. The maximum Gasteiger partial charge on any atom is 0.258 e. The first-order valence-electron chi connectivity index (χ1n) is 8.17.